The van der Waals surface area contributed by atoms with Crippen LogP contribution in [0.25, 0.3) is 0 Å². The average Bonchev–Trinajstić information content (AvgIpc) is 2.66. The maximum absolute atomic E-state index is 13.0. The Kier molecular flexibility index (Phi) is 7.81. The van der Waals surface area contributed by atoms with Gasteiger partial charge in [0, 0.05) is 18.8 Å². The molecule has 0 saturated carbocycles. The number of sulfonamides is 1. The SMILES string of the molecule is CCOc1ccc(NC(=O)Cc2ccc(C)c(C)c2)cc1S(=O)(=O)N(CC)CC. The summed E-state index contributed by atoms with van der Waals surface area (Å²) in [5.41, 5.74) is 3.64. The van der Waals surface area contributed by atoms with Gasteiger partial charge in [-0.2, -0.15) is 4.31 Å². The van der Waals surface area contributed by atoms with Crippen molar-refractivity contribution in [3.63, 3.8) is 0 Å². The van der Waals surface area contributed by atoms with Crippen LogP contribution in [0.15, 0.2) is 41.3 Å². The molecule has 6 nitrogen and oxygen atoms in total. The Labute approximate surface area is 173 Å². The van der Waals surface area contributed by atoms with E-state index in [2.05, 4.69) is 5.32 Å². The summed E-state index contributed by atoms with van der Waals surface area (Å²) in [7, 11) is -3.72. The first-order chi connectivity index (χ1) is 13.7. The van der Waals surface area contributed by atoms with Crippen LogP contribution < -0.4 is 10.1 Å². The molecular formula is C22H30N2O4S. The van der Waals surface area contributed by atoms with Crippen molar-refractivity contribution in [2.24, 2.45) is 0 Å². The Hall–Kier alpha value is -2.38. The molecule has 0 radical (unpaired) electrons. The monoisotopic (exact) mass is 418 g/mol. The third kappa shape index (κ3) is 5.58. The Morgan fingerprint density at radius 1 is 1.00 bits per heavy atom. The van der Waals surface area contributed by atoms with Crippen molar-refractivity contribution in [1.29, 1.82) is 0 Å². The number of aryl methyl sites for hydroxylation is 2. The summed E-state index contributed by atoms with van der Waals surface area (Å²) in [6.45, 7) is 10.5. The van der Waals surface area contributed by atoms with Gasteiger partial charge in [0.2, 0.25) is 15.9 Å². The third-order valence-electron chi connectivity index (χ3n) is 4.79. The highest BCUT2D eigenvalue weighted by atomic mass is 32.2. The van der Waals surface area contributed by atoms with E-state index in [1.165, 1.54) is 15.9 Å². The molecule has 0 spiro atoms. The second kappa shape index (κ2) is 9.89. The highest BCUT2D eigenvalue weighted by Gasteiger charge is 2.26. The van der Waals surface area contributed by atoms with Crippen molar-refractivity contribution in [2.75, 3.05) is 25.0 Å². The fraction of sp³-hybridized carbons (Fsp3) is 0.409. The summed E-state index contributed by atoms with van der Waals surface area (Å²) in [5, 5.41) is 2.80. The number of ether oxygens (including phenoxy) is 1. The van der Waals surface area contributed by atoms with E-state index in [1.54, 1.807) is 32.9 Å². The van der Waals surface area contributed by atoms with E-state index in [-0.39, 0.29) is 23.0 Å². The van der Waals surface area contributed by atoms with Gasteiger partial charge in [0.1, 0.15) is 10.6 Å². The van der Waals surface area contributed by atoms with E-state index < -0.39 is 10.0 Å². The summed E-state index contributed by atoms with van der Waals surface area (Å²) >= 11 is 0. The van der Waals surface area contributed by atoms with Gasteiger partial charge in [-0.05, 0) is 55.7 Å². The Morgan fingerprint density at radius 3 is 2.28 bits per heavy atom. The lowest BCUT2D eigenvalue weighted by Gasteiger charge is -2.21. The van der Waals surface area contributed by atoms with Gasteiger partial charge in [0.15, 0.2) is 0 Å². The summed E-state index contributed by atoms with van der Waals surface area (Å²) in [6.07, 6.45) is 0.215. The molecular weight excluding hydrogens is 388 g/mol. The van der Waals surface area contributed by atoms with Crippen LogP contribution in [-0.2, 0) is 21.2 Å². The number of nitrogens with zero attached hydrogens (tertiary/aromatic N) is 1. The molecule has 0 aromatic heterocycles. The molecule has 7 heteroatoms. The molecule has 0 aliphatic heterocycles. The molecule has 0 heterocycles. The average molecular weight is 419 g/mol. The van der Waals surface area contributed by atoms with Crippen LogP contribution in [0.2, 0.25) is 0 Å². The van der Waals surface area contributed by atoms with Gasteiger partial charge < -0.3 is 10.1 Å². The summed E-state index contributed by atoms with van der Waals surface area (Å²) in [4.78, 5) is 12.6. The third-order valence-corrected chi connectivity index (χ3v) is 6.86. The molecule has 1 N–H and O–H groups in total. The first kappa shape index (κ1) is 22.9. The van der Waals surface area contributed by atoms with Crippen molar-refractivity contribution < 1.29 is 17.9 Å². The zero-order valence-corrected chi connectivity index (χ0v) is 18.6. The maximum Gasteiger partial charge on any atom is 0.246 e. The van der Waals surface area contributed by atoms with Crippen molar-refractivity contribution >= 4 is 21.6 Å². The molecule has 0 aliphatic carbocycles. The van der Waals surface area contributed by atoms with Gasteiger partial charge in [-0.3, -0.25) is 4.79 Å². The molecule has 2 rings (SSSR count). The predicted octanol–water partition coefficient (Wildman–Crippen LogP) is 3.91. The molecule has 158 valence electrons. The number of hydrogen-bond donors (Lipinski definition) is 1. The molecule has 0 fully saturated rings. The lowest BCUT2D eigenvalue weighted by molar-refractivity contribution is -0.115. The number of benzene rings is 2. The van der Waals surface area contributed by atoms with Gasteiger partial charge in [0.25, 0.3) is 0 Å². The molecule has 2 aromatic rings. The minimum atomic E-state index is -3.72. The Morgan fingerprint density at radius 2 is 1.69 bits per heavy atom. The smallest absolute Gasteiger partial charge is 0.246 e. The van der Waals surface area contributed by atoms with E-state index in [0.29, 0.717) is 25.4 Å². The van der Waals surface area contributed by atoms with Crippen molar-refractivity contribution in [3.05, 3.63) is 53.1 Å². The predicted molar refractivity (Wildman–Crippen MR) is 116 cm³/mol. The number of hydrogen-bond acceptors (Lipinski definition) is 4. The maximum atomic E-state index is 13.0. The van der Waals surface area contributed by atoms with Crippen LogP contribution in [0.1, 0.15) is 37.5 Å². The number of carbonyl (C=O) groups excluding carboxylic acids is 1. The minimum absolute atomic E-state index is 0.0621. The van der Waals surface area contributed by atoms with Gasteiger partial charge in [0.05, 0.1) is 13.0 Å². The van der Waals surface area contributed by atoms with E-state index in [1.807, 2.05) is 32.0 Å². The molecule has 2 aromatic carbocycles. The van der Waals surface area contributed by atoms with E-state index in [0.717, 1.165) is 11.1 Å². The van der Waals surface area contributed by atoms with Crippen molar-refractivity contribution in [1.82, 2.24) is 4.31 Å². The Balaban J connectivity index is 2.29. The lowest BCUT2D eigenvalue weighted by Crippen LogP contribution is -2.31. The minimum Gasteiger partial charge on any atom is -0.492 e. The van der Waals surface area contributed by atoms with Gasteiger partial charge in [-0.25, -0.2) is 8.42 Å². The van der Waals surface area contributed by atoms with Gasteiger partial charge in [-0.1, -0.05) is 32.0 Å². The Bertz CT molecular complexity index is 967. The number of amides is 1. The fourth-order valence-electron chi connectivity index (χ4n) is 3.07. The summed E-state index contributed by atoms with van der Waals surface area (Å²) in [5.74, 6) is 0.0789. The zero-order chi connectivity index (χ0) is 21.6. The zero-order valence-electron chi connectivity index (χ0n) is 17.8. The van der Waals surface area contributed by atoms with E-state index in [9.17, 15) is 13.2 Å². The van der Waals surface area contributed by atoms with Gasteiger partial charge >= 0.3 is 0 Å². The molecule has 0 bridgehead atoms. The number of nitrogens with one attached hydrogen (secondary N) is 1. The lowest BCUT2D eigenvalue weighted by atomic mass is 10.0. The highest BCUT2D eigenvalue weighted by Crippen LogP contribution is 2.30. The first-order valence-electron chi connectivity index (χ1n) is 9.85. The van der Waals surface area contributed by atoms with E-state index in [4.69, 9.17) is 4.74 Å². The molecule has 0 atom stereocenters. The number of anilines is 1. The standard InChI is InChI=1S/C22H30N2O4S/c1-6-24(7-2)29(26,27)21-15-19(11-12-20(21)28-8-3)23-22(25)14-18-10-9-16(4)17(5)13-18/h9-13,15H,6-8,14H2,1-5H3,(H,23,25). The van der Waals surface area contributed by atoms with Crippen LogP contribution in [-0.4, -0.2) is 38.3 Å². The normalized spacial score (nSPS) is 11.5. The molecule has 0 saturated heterocycles. The fourth-order valence-corrected chi connectivity index (χ4v) is 4.68. The molecule has 0 aliphatic rings. The quantitative estimate of drug-likeness (QED) is 0.670. The topological polar surface area (TPSA) is 75.7 Å². The molecule has 29 heavy (non-hydrogen) atoms. The second-order valence-electron chi connectivity index (χ2n) is 6.83. The highest BCUT2D eigenvalue weighted by molar-refractivity contribution is 7.89. The van der Waals surface area contributed by atoms with Crippen LogP contribution in [0, 0.1) is 13.8 Å². The summed E-state index contributed by atoms with van der Waals surface area (Å²) < 4.78 is 32.9. The largest absolute Gasteiger partial charge is 0.492 e. The van der Waals surface area contributed by atoms with Gasteiger partial charge in [-0.15, -0.1) is 0 Å². The van der Waals surface area contributed by atoms with Crippen LogP contribution in [0.4, 0.5) is 5.69 Å². The first-order valence-corrected chi connectivity index (χ1v) is 11.3. The van der Waals surface area contributed by atoms with Crippen LogP contribution >= 0.6 is 0 Å². The van der Waals surface area contributed by atoms with Crippen LogP contribution in [0.5, 0.6) is 5.75 Å². The van der Waals surface area contributed by atoms with Crippen LogP contribution in [0.3, 0.4) is 0 Å². The molecule has 0 unspecified atom stereocenters. The van der Waals surface area contributed by atoms with Crippen molar-refractivity contribution in [2.45, 2.75) is 45.9 Å². The van der Waals surface area contributed by atoms with E-state index >= 15 is 0 Å². The van der Waals surface area contributed by atoms with Crippen molar-refractivity contribution in [3.8, 4) is 5.75 Å². The summed E-state index contributed by atoms with van der Waals surface area (Å²) in [6, 6.07) is 10.6. The number of carbonyl (C=O) groups is 1. The molecule has 1 amide bonds. The number of rotatable bonds is 9. The second-order valence-corrected chi connectivity index (χ2v) is 8.73.